The second-order valence-electron chi connectivity index (χ2n) is 4.25. The van der Waals surface area contributed by atoms with Crippen molar-refractivity contribution in [2.45, 2.75) is 24.6 Å². The van der Waals surface area contributed by atoms with Crippen LogP contribution in [0.15, 0.2) is 18.2 Å². The SMILES string of the molecule is [C-]#[N+]C1(c2cc(C(=O)O)cc(C(F)(F)F)c2)CC1. The molecule has 0 heterocycles. The van der Waals surface area contributed by atoms with E-state index in [1.807, 2.05) is 0 Å². The summed E-state index contributed by atoms with van der Waals surface area (Å²) in [6.07, 6.45) is -3.67. The Morgan fingerprint density at radius 3 is 2.33 bits per heavy atom. The normalized spacial score (nSPS) is 17.0. The van der Waals surface area contributed by atoms with Crippen molar-refractivity contribution < 1.29 is 23.1 Å². The fourth-order valence-corrected chi connectivity index (χ4v) is 1.77. The fraction of sp³-hybridized carbons (Fsp3) is 0.333. The highest BCUT2D eigenvalue weighted by Crippen LogP contribution is 2.50. The summed E-state index contributed by atoms with van der Waals surface area (Å²) in [6.45, 7) is 7.01. The molecule has 1 aliphatic rings. The van der Waals surface area contributed by atoms with Gasteiger partial charge in [-0.15, -0.1) is 0 Å². The first-order valence-corrected chi connectivity index (χ1v) is 5.13. The molecule has 18 heavy (non-hydrogen) atoms. The van der Waals surface area contributed by atoms with Crippen molar-refractivity contribution >= 4 is 5.97 Å². The van der Waals surface area contributed by atoms with Crippen molar-refractivity contribution in [3.8, 4) is 0 Å². The number of hydrogen-bond acceptors (Lipinski definition) is 1. The summed E-state index contributed by atoms with van der Waals surface area (Å²) in [4.78, 5) is 14.1. The Balaban J connectivity index is 2.59. The molecular formula is C12H8F3NO2. The number of benzene rings is 1. The van der Waals surface area contributed by atoms with Crippen LogP contribution in [0.25, 0.3) is 4.85 Å². The van der Waals surface area contributed by atoms with E-state index < -0.39 is 28.8 Å². The van der Waals surface area contributed by atoms with Gasteiger partial charge >= 0.3 is 12.1 Å². The first-order chi connectivity index (χ1) is 8.28. The van der Waals surface area contributed by atoms with E-state index >= 15 is 0 Å². The number of alkyl halides is 3. The van der Waals surface area contributed by atoms with Gasteiger partial charge in [0.25, 0.3) is 5.54 Å². The van der Waals surface area contributed by atoms with Crippen LogP contribution < -0.4 is 0 Å². The zero-order valence-electron chi connectivity index (χ0n) is 9.08. The lowest BCUT2D eigenvalue weighted by Crippen LogP contribution is -2.11. The predicted molar refractivity (Wildman–Crippen MR) is 55.9 cm³/mol. The van der Waals surface area contributed by atoms with E-state index in [0.717, 1.165) is 12.1 Å². The zero-order valence-corrected chi connectivity index (χ0v) is 9.08. The minimum Gasteiger partial charge on any atom is -0.478 e. The van der Waals surface area contributed by atoms with Gasteiger partial charge < -0.3 is 9.95 Å². The molecule has 1 fully saturated rings. The number of rotatable bonds is 2. The molecule has 0 radical (unpaired) electrons. The third-order valence-corrected chi connectivity index (χ3v) is 2.98. The van der Waals surface area contributed by atoms with Crippen molar-refractivity contribution in [2.24, 2.45) is 0 Å². The fourth-order valence-electron chi connectivity index (χ4n) is 1.77. The van der Waals surface area contributed by atoms with E-state index in [0.29, 0.717) is 18.9 Å². The van der Waals surface area contributed by atoms with E-state index in [1.54, 1.807) is 0 Å². The smallest absolute Gasteiger partial charge is 0.416 e. The predicted octanol–water partition coefficient (Wildman–Crippen LogP) is 3.31. The zero-order chi connectivity index (χ0) is 13.6. The minimum atomic E-state index is -4.61. The molecule has 0 saturated heterocycles. The van der Waals surface area contributed by atoms with Crippen molar-refractivity contribution in [3.63, 3.8) is 0 Å². The van der Waals surface area contributed by atoms with Gasteiger partial charge in [0.2, 0.25) is 0 Å². The average Bonchev–Trinajstić information content (AvgIpc) is 3.08. The number of halogens is 3. The molecule has 0 aromatic heterocycles. The van der Waals surface area contributed by atoms with Gasteiger partial charge in [-0.25, -0.2) is 11.4 Å². The number of nitrogens with zero attached hydrogens (tertiary/aromatic N) is 1. The second kappa shape index (κ2) is 3.73. The number of carboxylic acids is 1. The molecule has 94 valence electrons. The number of hydrogen-bond donors (Lipinski definition) is 1. The molecule has 1 aromatic rings. The highest BCUT2D eigenvalue weighted by Gasteiger charge is 2.53. The molecule has 1 saturated carbocycles. The standard InChI is InChI=1S/C12H8F3NO2/c1-16-11(2-3-11)8-4-7(10(17)18)5-9(6-8)12(13,14)15/h4-6H,2-3H2,(H,17,18). The van der Waals surface area contributed by atoms with Crippen LogP contribution in [0.3, 0.4) is 0 Å². The van der Waals surface area contributed by atoms with E-state index in [-0.39, 0.29) is 5.56 Å². The lowest BCUT2D eigenvalue weighted by molar-refractivity contribution is -0.137. The molecular weight excluding hydrogens is 247 g/mol. The van der Waals surface area contributed by atoms with Gasteiger partial charge in [0, 0.05) is 18.4 Å². The van der Waals surface area contributed by atoms with Crippen molar-refractivity contribution in [1.29, 1.82) is 0 Å². The summed E-state index contributed by atoms with van der Waals surface area (Å²) >= 11 is 0. The van der Waals surface area contributed by atoms with Crippen LogP contribution in [-0.2, 0) is 11.7 Å². The van der Waals surface area contributed by atoms with Crippen LogP contribution in [0.1, 0.15) is 34.3 Å². The maximum Gasteiger partial charge on any atom is 0.416 e. The third-order valence-electron chi connectivity index (χ3n) is 2.98. The Morgan fingerprint density at radius 1 is 1.33 bits per heavy atom. The summed E-state index contributed by atoms with van der Waals surface area (Å²) < 4.78 is 38.0. The van der Waals surface area contributed by atoms with Crippen molar-refractivity contribution in [2.75, 3.05) is 0 Å². The highest BCUT2D eigenvalue weighted by molar-refractivity contribution is 5.88. The topological polar surface area (TPSA) is 41.7 Å². The Kier molecular flexibility index (Phi) is 2.58. The van der Waals surface area contributed by atoms with Crippen molar-refractivity contribution in [3.05, 3.63) is 46.3 Å². The molecule has 0 bridgehead atoms. The molecule has 0 spiro atoms. The van der Waals surface area contributed by atoms with Gasteiger partial charge in [-0.05, 0) is 18.2 Å². The monoisotopic (exact) mass is 255 g/mol. The first kappa shape index (κ1) is 12.4. The lowest BCUT2D eigenvalue weighted by Gasteiger charge is -2.11. The van der Waals surface area contributed by atoms with Gasteiger partial charge in [0.05, 0.1) is 11.1 Å². The van der Waals surface area contributed by atoms with Gasteiger partial charge in [0.15, 0.2) is 0 Å². The molecule has 6 heteroatoms. The summed E-state index contributed by atoms with van der Waals surface area (Å²) in [7, 11) is 0. The summed E-state index contributed by atoms with van der Waals surface area (Å²) in [5, 5.41) is 8.81. The van der Waals surface area contributed by atoms with Gasteiger partial charge in [-0.3, -0.25) is 0 Å². The van der Waals surface area contributed by atoms with Crippen LogP contribution in [0, 0.1) is 6.57 Å². The van der Waals surface area contributed by atoms with E-state index in [1.165, 1.54) is 0 Å². The second-order valence-corrected chi connectivity index (χ2v) is 4.25. The van der Waals surface area contributed by atoms with Crippen LogP contribution in [-0.4, -0.2) is 11.1 Å². The molecule has 0 unspecified atom stereocenters. The van der Waals surface area contributed by atoms with Crippen LogP contribution in [0.4, 0.5) is 13.2 Å². The molecule has 0 amide bonds. The Morgan fingerprint density at radius 2 is 1.94 bits per heavy atom. The average molecular weight is 255 g/mol. The first-order valence-electron chi connectivity index (χ1n) is 5.13. The summed E-state index contributed by atoms with van der Waals surface area (Å²) in [5.41, 5.74) is -2.27. The van der Waals surface area contributed by atoms with Crippen LogP contribution in [0.2, 0.25) is 0 Å². The van der Waals surface area contributed by atoms with E-state index in [9.17, 15) is 18.0 Å². The van der Waals surface area contributed by atoms with E-state index in [2.05, 4.69) is 4.85 Å². The number of carbonyl (C=O) groups is 1. The molecule has 3 nitrogen and oxygen atoms in total. The molecule has 1 N–H and O–H groups in total. The summed E-state index contributed by atoms with van der Waals surface area (Å²) in [5.74, 6) is -1.43. The van der Waals surface area contributed by atoms with E-state index in [4.69, 9.17) is 11.7 Å². The van der Waals surface area contributed by atoms with Gasteiger partial charge in [-0.1, -0.05) is 0 Å². The molecule has 0 atom stereocenters. The van der Waals surface area contributed by atoms with Crippen LogP contribution >= 0.6 is 0 Å². The Hall–Kier alpha value is -2.03. The van der Waals surface area contributed by atoms with Crippen molar-refractivity contribution in [1.82, 2.24) is 0 Å². The maximum atomic E-state index is 12.7. The van der Waals surface area contributed by atoms with Gasteiger partial charge in [-0.2, -0.15) is 13.2 Å². The van der Waals surface area contributed by atoms with Crippen LogP contribution in [0.5, 0.6) is 0 Å². The maximum absolute atomic E-state index is 12.7. The lowest BCUT2D eigenvalue weighted by atomic mass is 9.99. The molecule has 0 aliphatic heterocycles. The molecule has 1 aromatic carbocycles. The molecule has 2 rings (SSSR count). The van der Waals surface area contributed by atoms with Gasteiger partial charge in [0.1, 0.15) is 0 Å². The largest absolute Gasteiger partial charge is 0.478 e. The Labute approximate surface area is 101 Å². The quantitative estimate of drug-likeness (QED) is 0.824. The number of carboxylic acid groups (broad SMARTS) is 1. The highest BCUT2D eigenvalue weighted by atomic mass is 19.4. The summed E-state index contributed by atoms with van der Waals surface area (Å²) in [6, 6.07) is 2.62. The number of aromatic carboxylic acids is 1. The minimum absolute atomic E-state index is 0.143. The Bertz CT molecular complexity index is 553. The third kappa shape index (κ3) is 2.04. The molecule has 1 aliphatic carbocycles.